The average molecular weight is 609 g/mol. The molecule has 0 aliphatic carbocycles. The minimum atomic E-state index is -0.471. The molecule has 242 valence electrons. The molecule has 5 rings (SSSR count). The number of methoxy groups -OCH3 is 2. The van der Waals surface area contributed by atoms with E-state index in [4.69, 9.17) is 18.9 Å². The van der Waals surface area contributed by atoms with E-state index in [1.165, 1.54) is 5.56 Å². The highest BCUT2D eigenvalue weighted by Gasteiger charge is 2.38. The van der Waals surface area contributed by atoms with E-state index in [1.807, 2.05) is 12.1 Å². The Labute approximate surface area is 263 Å². The first-order valence-electron chi connectivity index (χ1n) is 16.4. The quantitative estimate of drug-likeness (QED) is 0.291. The fourth-order valence-corrected chi connectivity index (χ4v) is 6.80. The van der Waals surface area contributed by atoms with Crippen LogP contribution in [0.15, 0.2) is 42.5 Å². The molecule has 3 atom stereocenters. The van der Waals surface area contributed by atoms with Gasteiger partial charge >= 0.3 is 0 Å². The topological polar surface area (TPSA) is 93.3 Å². The Hall–Kier alpha value is -2.85. The highest BCUT2D eigenvalue weighted by Crippen LogP contribution is 2.37. The van der Waals surface area contributed by atoms with Gasteiger partial charge in [-0.2, -0.15) is 0 Å². The van der Waals surface area contributed by atoms with Crippen LogP contribution in [0.25, 0.3) is 0 Å². The van der Waals surface area contributed by atoms with Gasteiger partial charge in [-0.05, 0) is 80.6 Å². The van der Waals surface area contributed by atoms with Gasteiger partial charge in [0.05, 0.1) is 32.1 Å². The third-order valence-electron chi connectivity index (χ3n) is 9.41. The first-order chi connectivity index (χ1) is 21.4. The molecule has 0 saturated carbocycles. The van der Waals surface area contributed by atoms with Crippen molar-refractivity contribution in [1.29, 1.82) is 0 Å². The van der Waals surface area contributed by atoms with Gasteiger partial charge < -0.3 is 39.8 Å². The zero-order valence-corrected chi connectivity index (χ0v) is 27.0. The number of piperidine rings is 2. The second kappa shape index (κ2) is 15.4. The van der Waals surface area contributed by atoms with Crippen molar-refractivity contribution in [2.75, 3.05) is 65.1 Å². The van der Waals surface area contributed by atoms with Crippen molar-refractivity contribution >= 4 is 11.6 Å². The molecule has 9 heteroatoms. The largest absolute Gasteiger partial charge is 0.497 e. The standard InChI is InChI=1S/C35H52N4O5/c1-35(2,34(40)38-27-12-14-36-15-13-27)22-28-21-30(26-7-9-29(42-4)10-8-26)33(23-37-28)44-24-25-6-11-32-31(20-25)39(17-19-43-32)16-5-18-41-3/h6-11,20,27-28,30,33,36-37H,5,12-19,21-24H2,1-4H3,(H,38,40)/t28-,30+,33-/m0/s1. The van der Waals surface area contributed by atoms with Gasteiger partial charge in [0.15, 0.2) is 0 Å². The van der Waals surface area contributed by atoms with Crippen molar-refractivity contribution in [3.63, 3.8) is 0 Å². The highest BCUT2D eigenvalue weighted by molar-refractivity contribution is 5.82. The maximum Gasteiger partial charge on any atom is 0.225 e. The number of ether oxygens (including phenoxy) is 4. The molecule has 0 spiro atoms. The van der Waals surface area contributed by atoms with Gasteiger partial charge in [0.2, 0.25) is 5.91 Å². The predicted molar refractivity (Wildman–Crippen MR) is 174 cm³/mol. The lowest BCUT2D eigenvalue weighted by molar-refractivity contribution is -0.131. The van der Waals surface area contributed by atoms with Crippen LogP contribution in [0.1, 0.15) is 63.0 Å². The van der Waals surface area contributed by atoms with Gasteiger partial charge in [-0.25, -0.2) is 0 Å². The Bertz CT molecular complexity index is 1200. The van der Waals surface area contributed by atoms with Crippen molar-refractivity contribution in [3.8, 4) is 11.5 Å². The van der Waals surface area contributed by atoms with Crippen LogP contribution in [-0.2, 0) is 20.9 Å². The smallest absolute Gasteiger partial charge is 0.225 e. The summed E-state index contributed by atoms with van der Waals surface area (Å²) in [6.07, 6.45) is 4.62. The Kier molecular flexibility index (Phi) is 11.4. The number of nitrogens with one attached hydrogen (secondary N) is 3. The molecule has 3 aliphatic heterocycles. The van der Waals surface area contributed by atoms with E-state index in [0.717, 1.165) is 94.2 Å². The zero-order chi connectivity index (χ0) is 30.9. The molecule has 9 nitrogen and oxygen atoms in total. The van der Waals surface area contributed by atoms with Crippen molar-refractivity contribution in [2.24, 2.45) is 5.41 Å². The summed E-state index contributed by atoms with van der Waals surface area (Å²) in [7, 11) is 3.44. The number of hydrogen-bond acceptors (Lipinski definition) is 8. The van der Waals surface area contributed by atoms with Gasteiger partial charge in [-0.1, -0.05) is 32.0 Å². The van der Waals surface area contributed by atoms with Crippen LogP contribution < -0.4 is 30.3 Å². The molecule has 3 heterocycles. The number of anilines is 1. The third kappa shape index (κ3) is 8.44. The molecule has 3 N–H and O–H groups in total. The lowest BCUT2D eigenvalue weighted by Crippen LogP contribution is -2.52. The summed E-state index contributed by atoms with van der Waals surface area (Å²) in [6, 6.07) is 15.2. The third-order valence-corrected chi connectivity index (χ3v) is 9.41. The monoisotopic (exact) mass is 608 g/mol. The molecule has 1 amide bonds. The number of nitrogens with zero attached hydrogens (tertiary/aromatic N) is 1. The van der Waals surface area contributed by atoms with E-state index in [-0.39, 0.29) is 30.0 Å². The number of fused-ring (bicyclic) bond motifs is 1. The molecule has 0 aromatic heterocycles. The summed E-state index contributed by atoms with van der Waals surface area (Å²) in [5.74, 6) is 2.13. The molecule has 2 fully saturated rings. The van der Waals surface area contributed by atoms with Crippen LogP contribution in [0.4, 0.5) is 5.69 Å². The Balaban J connectivity index is 1.25. The van der Waals surface area contributed by atoms with Crippen LogP contribution in [0.5, 0.6) is 11.5 Å². The van der Waals surface area contributed by atoms with Crippen molar-refractivity contribution in [1.82, 2.24) is 16.0 Å². The van der Waals surface area contributed by atoms with E-state index in [9.17, 15) is 4.79 Å². The zero-order valence-electron chi connectivity index (χ0n) is 27.0. The number of amides is 1. The summed E-state index contributed by atoms with van der Waals surface area (Å²) < 4.78 is 23.3. The molecule has 44 heavy (non-hydrogen) atoms. The average Bonchev–Trinajstić information content (AvgIpc) is 3.04. The van der Waals surface area contributed by atoms with Crippen molar-refractivity contribution in [2.45, 2.75) is 76.7 Å². The van der Waals surface area contributed by atoms with E-state index < -0.39 is 5.41 Å². The summed E-state index contributed by atoms with van der Waals surface area (Å²) in [4.78, 5) is 15.7. The molecular formula is C35H52N4O5. The van der Waals surface area contributed by atoms with Gasteiger partial charge in [0, 0.05) is 50.2 Å². The first-order valence-corrected chi connectivity index (χ1v) is 16.4. The maximum atomic E-state index is 13.3. The minimum Gasteiger partial charge on any atom is -0.497 e. The molecule has 0 unspecified atom stereocenters. The normalized spacial score (nSPS) is 22.6. The fourth-order valence-electron chi connectivity index (χ4n) is 6.80. The number of carbonyl (C=O) groups is 1. The van der Waals surface area contributed by atoms with Gasteiger partial charge in [0.1, 0.15) is 18.1 Å². The lowest BCUT2D eigenvalue weighted by Gasteiger charge is -2.40. The summed E-state index contributed by atoms with van der Waals surface area (Å²) in [5.41, 5.74) is 3.04. The first kappa shape index (κ1) is 32.5. The van der Waals surface area contributed by atoms with Gasteiger partial charge in [-0.3, -0.25) is 4.79 Å². The predicted octanol–water partition coefficient (Wildman–Crippen LogP) is 4.25. The van der Waals surface area contributed by atoms with E-state index >= 15 is 0 Å². The minimum absolute atomic E-state index is 0.00332. The molecule has 2 aromatic rings. The Morgan fingerprint density at radius 3 is 2.66 bits per heavy atom. The van der Waals surface area contributed by atoms with Crippen LogP contribution in [0, 0.1) is 5.41 Å². The van der Waals surface area contributed by atoms with Crippen molar-refractivity contribution < 1.29 is 23.7 Å². The molecule has 3 aliphatic rings. The van der Waals surface area contributed by atoms with Crippen LogP contribution in [0.3, 0.4) is 0 Å². The molecule has 0 bridgehead atoms. The van der Waals surface area contributed by atoms with Gasteiger partial charge in [0.25, 0.3) is 0 Å². The second-order valence-electron chi connectivity index (χ2n) is 13.1. The van der Waals surface area contributed by atoms with Crippen LogP contribution >= 0.6 is 0 Å². The second-order valence-corrected chi connectivity index (χ2v) is 13.1. The number of hydrogen-bond donors (Lipinski definition) is 3. The van der Waals surface area contributed by atoms with E-state index in [1.54, 1.807) is 14.2 Å². The SMILES string of the molecule is COCCCN1CCOc2ccc(CO[C@H]3CN[C@H](CC(C)(C)C(=O)NC4CCNCC4)C[C@@H]3c3ccc(OC)cc3)cc21. The maximum absolute atomic E-state index is 13.3. The Morgan fingerprint density at radius 2 is 1.91 bits per heavy atom. The number of rotatable bonds is 13. The van der Waals surface area contributed by atoms with E-state index in [0.29, 0.717) is 13.2 Å². The lowest BCUT2D eigenvalue weighted by atomic mass is 9.77. The van der Waals surface area contributed by atoms with Crippen molar-refractivity contribution in [3.05, 3.63) is 53.6 Å². The van der Waals surface area contributed by atoms with E-state index in [2.05, 4.69) is 65.0 Å². The number of carbonyl (C=O) groups excluding carboxylic acids is 1. The molecule has 0 radical (unpaired) electrons. The van der Waals surface area contributed by atoms with Gasteiger partial charge in [-0.15, -0.1) is 0 Å². The summed E-state index contributed by atoms with van der Waals surface area (Å²) in [5, 5.41) is 10.5. The fraction of sp³-hybridized carbons (Fsp3) is 0.629. The van der Waals surface area contributed by atoms with Crippen LogP contribution in [0.2, 0.25) is 0 Å². The molecular weight excluding hydrogens is 556 g/mol. The molecule has 2 saturated heterocycles. The highest BCUT2D eigenvalue weighted by atomic mass is 16.5. The van der Waals surface area contributed by atoms with Crippen LogP contribution in [-0.4, -0.2) is 84.3 Å². The number of benzene rings is 2. The Morgan fingerprint density at radius 1 is 1.11 bits per heavy atom. The molecule has 2 aromatic carbocycles. The summed E-state index contributed by atoms with van der Waals surface area (Å²) in [6.45, 7) is 10.6. The summed E-state index contributed by atoms with van der Waals surface area (Å²) >= 11 is 0.